The zero-order valence-electron chi connectivity index (χ0n) is 6.66. The fourth-order valence-corrected chi connectivity index (χ4v) is 1.58. The van der Waals surface area contributed by atoms with Crippen molar-refractivity contribution in [1.82, 2.24) is 4.90 Å². The maximum Gasteiger partial charge on any atom is 0.407 e. The number of nitrogens with two attached hydrogens (primary N) is 1. The summed E-state index contributed by atoms with van der Waals surface area (Å²) in [5.74, 6) is 0. The highest BCUT2D eigenvalue weighted by molar-refractivity contribution is 5.65. The molecule has 11 heavy (non-hydrogen) atoms. The monoisotopic (exact) mass is 158 g/mol. The topological polar surface area (TPSA) is 66.6 Å². The van der Waals surface area contributed by atoms with Crippen molar-refractivity contribution in [2.24, 2.45) is 5.73 Å². The minimum absolute atomic E-state index is 0.0347. The Kier molecular flexibility index (Phi) is 2.34. The second-order valence-corrected chi connectivity index (χ2v) is 3.04. The van der Waals surface area contributed by atoms with Gasteiger partial charge < -0.3 is 15.7 Å². The Labute approximate surface area is 66.0 Å². The van der Waals surface area contributed by atoms with Crippen molar-refractivity contribution in [2.75, 3.05) is 6.54 Å². The largest absolute Gasteiger partial charge is 0.465 e. The van der Waals surface area contributed by atoms with Crippen LogP contribution in [0.25, 0.3) is 0 Å². The van der Waals surface area contributed by atoms with Gasteiger partial charge in [-0.2, -0.15) is 0 Å². The molecular formula is C7H14N2O2. The van der Waals surface area contributed by atoms with Gasteiger partial charge in [0.15, 0.2) is 0 Å². The van der Waals surface area contributed by atoms with Gasteiger partial charge in [0, 0.05) is 18.6 Å². The number of carboxylic acid groups (broad SMARTS) is 1. The van der Waals surface area contributed by atoms with Crippen LogP contribution in [0.3, 0.4) is 0 Å². The molecule has 2 atom stereocenters. The van der Waals surface area contributed by atoms with Crippen molar-refractivity contribution < 1.29 is 9.90 Å². The molecule has 1 amide bonds. The molecule has 1 aliphatic rings. The minimum Gasteiger partial charge on any atom is -0.465 e. The highest BCUT2D eigenvalue weighted by atomic mass is 16.4. The van der Waals surface area contributed by atoms with E-state index in [2.05, 4.69) is 0 Å². The lowest BCUT2D eigenvalue weighted by atomic mass is 10.1. The molecule has 4 nitrogen and oxygen atoms in total. The molecule has 1 rings (SSSR count). The summed E-state index contributed by atoms with van der Waals surface area (Å²) >= 11 is 0. The van der Waals surface area contributed by atoms with Gasteiger partial charge in [-0.1, -0.05) is 0 Å². The second kappa shape index (κ2) is 3.09. The predicted molar refractivity (Wildman–Crippen MR) is 41.4 cm³/mol. The molecule has 0 spiro atoms. The highest BCUT2D eigenvalue weighted by Gasteiger charge is 2.30. The van der Waals surface area contributed by atoms with Crippen molar-refractivity contribution in [3.8, 4) is 0 Å². The van der Waals surface area contributed by atoms with Crippen molar-refractivity contribution in [3.63, 3.8) is 0 Å². The van der Waals surface area contributed by atoms with Crippen molar-refractivity contribution in [3.05, 3.63) is 0 Å². The highest BCUT2D eigenvalue weighted by Crippen LogP contribution is 2.18. The van der Waals surface area contributed by atoms with Gasteiger partial charge in [-0.25, -0.2) is 4.79 Å². The summed E-state index contributed by atoms with van der Waals surface area (Å²) < 4.78 is 0. The summed E-state index contributed by atoms with van der Waals surface area (Å²) in [6.45, 7) is 2.49. The van der Waals surface area contributed by atoms with E-state index in [1.807, 2.05) is 6.92 Å². The summed E-state index contributed by atoms with van der Waals surface area (Å²) in [4.78, 5) is 12.0. The molecule has 0 unspecified atom stereocenters. The van der Waals surface area contributed by atoms with Gasteiger partial charge in [0.1, 0.15) is 0 Å². The summed E-state index contributed by atoms with van der Waals surface area (Å²) in [5, 5.41) is 8.70. The molecule has 1 heterocycles. The standard InChI is InChI=1S/C7H14N2O2/c1-5(8)6-3-2-4-9(6)7(10)11/h5-6H,2-4,8H2,1H3,(H,10,11)/t5-,6+/m0/s1. The zero-order chi connectivity index (χ0) is 8.43. The summed E-state index contributed by atoms with van der Waals surface area (Å²) in [7, 11) is 0. The predicted octanol–water partition coefficient (Wildman–Crippen LogP) is 0.476. The summed E-state index contributed by atoms with van der Waals surface area (Å²) in [6, 6.07) is -0.0129. The smallest absolute Gasteiger partial charge is 0.407 e. The minimum atomic E-state index is -0.843. The molecule has 0 radical (unpaired) electrons. The molecular weight excluding hydrogens is 144 g/mol. The first-order valence-corrected chi connectivity index (χ1v) is 3.88. The third-order valence-corrected chi connectivity index (χ3v) is 2.15. The third-order valence-electron chi connectivity index (χ3n) is 2.15. The maximum absolute atomic E-state index is 10.6. The molecule has 1 fully saturated rings. The molecule has 0 aromatic heterocycles. The van der Waals surface area contributed by atoms with E-state index in [1.54, 1.807) is 0 Å². The van der Waals surface area contributed by atoms with E-state index in [-0.39, 0.29) is 12.1 Å². The molecule has 0 aromatic carbocycles. The van der Waals surface area contributed by atoms with Gasteiger partial charge in [0.2, 0.25) is 0 Å². The molecule has 3 N–H and O–H groups in total. The van der Waals surface area contributed by atoms with Crippen LogP contribution in [0, 0.1) is 0 Å². The quantitative estimate of drug-likeness (QED) is 0.583. The number of nitrogens with zero attached hydrogens (tertiary/aromatic N) is 1. The van der Waals surface area contributed by atoms with Crippen molar-refractivity contribution in [2.45, 2.75) is 31.8 Å². The van der Waals surface area contributed by atoms with Gasteiger partial charge in [0.25, 0.3) is 0 Å². The fraction of sp³-hybridized carbons (Fsp3) is 0.857. The van der Waals surface area contributed by atoms with Crippen LogP contribution in [0.5, 0.6) is 0 Å². The van der Waals surface area contributed by atoms with Crippen LogP contribution < -0.4 is 5.73 Å². The average Bonchev–Trinajstić information content (AvgIpc) is 2.32. The normalized spacial score (nSPS) is 27.1. The SMILES string of the molecule is C[C@H](N)[C@H]1CCCN1C(=O)O. The molecule has 0 bridgehead atoms. The molecule has 0 aromatic rings. The Balaban J connectivity index is 2.58. The van der Waals surface area contributed by atoms with Crippen molar-refractivity contribution in [1.29, 1.82) is 0 Å². The Morgan fingerprint density at radius 2 is 2.45 bits per heavy atom. The number of likely N-dealkylation sites (tertiary alicyclic amines) is 1. The number of amides is 1. The van der Waals surface area contributed by atoms with E-state index < -0.39 is 6.09 Å². The number of rotatable bonds is 1. The first-order chi connectivity index (χ1) is 5.13. The van der Waals surface area contributed by atoms with Crippen LogP contribution in [0.4, 0.5) is 4.79 Å². The molecule has 0 saturated carbocycles. The Morgan fingerprint density at radius 1 is 1.82 bits per heavy atom. The molecule has 1 saturated heterocycles. The van der Waals surface area contributed by atoms with Crippen LogP contribution in [0.2, 0.25) is 0 Å². The number of hydrogen-bond acceptors (Lipinski definition) is 2. The van der Waals surface area contributed by atoms with Crippen LogP contribution in [-0.4, -0.2) is 34.7 Å². The Morgan fingerprint density at radius 3 is 2.82 bits per heavy atom. The van der Waals surface area contributed by atoms with E-state index in [0.29, 0.717) is 6.54 Å². The van der Waals surface area contributed by atoms with E-state index in [4.69, 9.17) is 10.8 Å². The van der Waals surface area contributed by atoms with Crippen LogP contribution in [0.15, 0.2) is 0 Å². The molecule has 1 aliphatic heterocycles. The van der Waals surface area contributed by atoms with Gasteiger partial charge in [-0.05, 0) is 19.8 Å². The van der Waals surface area contributed by atoms with E-state index >= 15 is 0 Å². The summed E-state index contributed by atoms with van der Waals surface area (Å²) in [6.07, 6.45) is 1.01. The lowest BCUT2D eigenvalue weighted by Gasteiger charge is -2.24. The Hall–Kier alpha value is -0.770. The van der Waals surface area contributed by atoms with Gasteiger partial charge in [0.05, 0.1) is 0 Å². The van der Waals surface area contributed by atoms with Crippen LogP contribution in [-0.2, 0) is 0 Å². The van der Waals surface area contributed by atoms with Crippen LogP contribution in [0.1, 0.15) is 19.8 Å². The lowest BCUT2D eigenvalue weighted by Crippen LogP contribution is -2.44. The fourth-order valence-electron chi connectivity index (χ4n) is 1.58. The van der Waals surface area contributed by atoms with Gasteiger partial charge >= 0.3 is 6.09 Å². The maximum atomic E-state index is 10.6. The number of carbonyl (C=O) groups is 1. The third kappa shape index (κ3) is 1.63. The molecule has 64 valence electrons. The second-order valence-electron chi connectivity index (χ2n) is 3.04. The first-order valence-electron chi connectivity index (χ1n) is 3.88. The number of hydrogen-bond donors (Lipinski definition) is 2. The molecule has 0 aliphatic carbocycles. The van der Waals surface area contributed by atoms with Gasteiger partial charge in [-0.3, -0.25) is 0 Å². The zero-order valence-corrected chi connectivity index (χ0v) is 6.66. The van der Waals surface area contributed by atoms with Crippen LogP contribution >= 0.6 is 0 Å². The average molecular weight is 158 g/mol. The van der Waals surface area contributed by atoms with Crippen molar-refractivity contribution >= 4 is 6.09 Å². The Bertz CT molecular complexity index is 159. The molecule has 4 heteroatoms. The van der Waals surface area contributed by atoms with E-state index in [9.17, 15) is 4.79 Å². The van der Waals surface area contributed by atoms with E-state index in [0.717, 1.165) is 12.8 Å². The van der Waals surface area contributed by atoms with Gasteiger partial charge in [-0.15, -0.1) is 0 Å². The lowest BCUT2D eigenvalue weighted by molar-refractivity contribution is 0.135. The first kappa shape index (κ1) is 8.33. The van der Waals surface area contributed by atoms with E-state index in [1.165, 1.54) is 4.90 Å². The summed E-state index contributed by atoms with van der Waals surface area (Å²) in [5.41, 5.74) is 5.62.